The number of benzene rings is 2. The highest BCUT2D eigenvalue weighted by Crippen LogP contribution is 2.40. The van der Waals surface area contributed by atoms with Crippen LogP contribution < -0.4 is 10.1 Å². The number of hydrogen-bond donors (Lipinski definition) is 1. The number of amides is 1. The first kappa shape index (κ1) is 13.8. The second kappa shape index (κ2) is 5.00. The average Bonchev–Trinajstić information content (AvgIpc) is 2.53. The minimum Gasteiger partial charge on any atom is -0.406 e. The molecule has 0 aromatic heterocycles. The smallest absolute Gasteiger partial charge is 0.406 e. The van der Waals surface area contributed by atoms with E-state index in [1.807, 2.05) is 0 Å². The molecule has 1 aliphatic rings. The lowest BCUT2D eigenvalue weighted by Crippen LogP contribution is -2.17. The number of fused-ring (bicyclic) bond motifs is 2. The van der Waals surface area contributed by atoms with E-state index in [2.05, 4.69) is 10.1 Å². The topological polar surface area (TPSA) is 38.3 Å². The Morgan fingerprint density at radius 1 is 1.05 bits per heavy atom. The zero-order chi connectivity index (χ0) is 15.0. The third kappa shape index (κ3) is 2.97. The van der Waals surface area contributed by atoms with Gasteiger partial charge in [-0.15, -0.1) is 13.2 Å². The van der Waals surface area contributed by atoms with Crippen LogP contribution >= 0.6 is 11.8 Å². The van der Waals surface area contributed by atoms with E-state index in [1.54, 1.807) is 24.3 Å². The molecule has 0 atom stereocenters. The molecule has 0 fully saturated rings. The Labute approximate surface area is 122 Å². The highest BCUT2D eigenvalue weighted by atomic mass is 32.2. The van der Waals surface area contributed by atoms with Crippen molar-refractivity contribution in [3.63, 3.8) is 0 Å². The molecule has 7 heteroatoms. The van der Waals surface area contributed by atoms with Crippen LogP contribution in [0.25, 0.3) is 0 Å². The largest absolute Gasteiger partial charge is 0.573 e. The van der Waals surface area contributed by atoms with Crippen LogP contribution in [0.3, 0.4) is 0 Å². The molecule has 0 bridgehead atoms. The second-order valence-corrected chi connectivity index (χ2v) is 5.34. The molecule has 2 aromatic carbocycles. The Hall–Kier alpha value is -2.15. The van der Waals surface area contributed by atoms with Crippen LogP contribution in [0, 0.1) is 0 Å². The molecule has 21 heavy (non-hydrogen) atoms. The first-order valence-corrected chi connectivity index (χ1v) is 6.72. The summed E-state index contributed by atoms with van der Waals surface area (Å²) in [5.74, 6) is -0.728. The molecule has 1 aliphatic heterocycles. The molecular weight excluding hydrogens is 303 g/mol. The zero-order valence-corrected chi connectivity index (χ0v) is 11.2. The molecule has 0 unspecified atom stereocenters. The fourth-order valence-electron chi connectivity index (χ4n) is 1.94. The predicted octanol–water partition coefficient (Wildman–Crippen LogP) is 4.30. The average molecular weight is 311 g/mol. The quantitative estimate of drug-likeness (QED) is 0.853. The lowest BCUT2D eigenvalue weighted by molar-refractivity contribution is -0.274. The molecule has 3 rings (SSSR count). The third-order valence-corrected chi connectivity index (χ3v) is 3.94. The standard InChI is InChI=1S/C14H8F3NO2S/c15-14(16,17)20-8-5-6-12-10(7-8)18-13(19)9-3-1-2-4-11(9)21-12/h1-7H,(H,18,19). The highest BCUT2D eigenvalue weighted by Gasteiger charge is 2.31. The van der Waals surface area contributed by atoms with Gasteiger partial charge >= 0.3 is 6.36 Å². The van der Waals surface area contributed by atoms with E-state index in [0.717, 1.165) is 4.90 Å². The van der Waals surface area contributed by atoms with Crippen LogP contribution in [-0.4, -0.2) is 12.3 Å². The van der Waals surface area contributed by atoms with Crippen molar-refractivity contribution in [1.29, 1.82) is 0 Å². The van der Waals surface area contributed by atoms with Crippen LogP contribution in [0.15, 0.2) is 52.3 Å². The van der Waals surface area contributed by atoms with Gasteiger partial charge in [-0.3, -0.25) is 4.79 Å². The maximum Gasteiger partial charge on any atom is 0.573 e. The van der Waals surface area contributed by atoms with Gasteiger partial charge in [0.2, 0.25) is 0 Å². The maximum absolute atomic E-state index is 12.2. The SMILES string of the molecule is O=C1Nc2cc(OC(F)(F)F)ccc2Sc2ccccc21. The molecule has 0 saturated carbocycles. The molecule has 0 saturated heterocycles. The zero-order valence-electron chi connectivity index (χ0n) is 10.4. The van der Waals surface area contributed by atoms with Gasteiger partial charge in [0.1, 0.15) is 5.75 Å². The van der Waals surface area contributed by atoms with Gasteiger partial charge in [-0.2, -0.15) is 0 Å². The molecule has 1 heterocycles. The summed E-state index contributed by atoms with van der Waals surface area (Å²) < 4.78 is 40.6. The van der Waals surface area contributed by atoms with Crippen molar-refractivity contribution in [2.75, 3.05) is 5.32 Å². The van der Waals surface area contributed by atoms with Gasteiger partial charge in [0, 0.05) is 15.9 Å². The molecule has 1 amide bonds. The fraction of sp³-hybridized carbons (Fsp3) is 0.0714. The van der Waals surface area contributed by atoms with Crippen molar-refractivity contribution >= 4 is 23.4 Å². The predicted molar refractivity (Wildman–Crippen MR) is 71.6 cm³/mol. The van der Waals surface area contributed by atoms with E-state index >= 15 is 0 Å². The summed E-state index contributed by atoms with van der Waals surface area (Å²) in [5, 5.41) is 2.60. The number of hydrogen-bond acceptors (Lipinski definition) is 3. The van der Waals surface area contributed by atoms with Crippen molar-refractivity contribution < 1.29 is 22.7 Å². The Morgan fingerprint density at radius 2 is 1.81 bits per heavy atom. The molecule has 2 aromatic rings. The van der Waals surface area contributed by atoms with E-state index < -0.39 is 6.36 Å². The number of carbonyl (C=O) groups excluding carboxylic acids is 1. The van der Waals surface area contributed by atoms with Crippen molar-refractivity contribution in [2.45, 2.75) is 16.2 Å². The number of alkyl halides is 3. The molecule has 0 aliphatic carbocycles. The van der Waals surface area contributed by atoms with Gasteiger partial charge < -0.3 is 10.1 Å². The van der Waals surface area contributed by atoms with Crippen LogP contribution in [0.1, 0.15) is 10.4 Å². The number of carbonyl (C=O) groups is 1. The van der Waals surface area contributed by atoms with E-state index in [-0.39, 0.29) is 11.7 Å². The summed E-state index contributed by atoms with van der Waals surface area (Å²) in [6.45, 7) is 0. The van der Waals surface area contributed by atoms with Crippen molar-refractivity contribution in [2.24, 2.45) is 0 Å². The van der Waals surface area contributed by atoms with Gasteiger partial charge in [0.25, 0.3) is 5.91 Å². The van der Waals surface area contributed by atoms with Crippen molar-refractivity contribution in [3.8, 4) is 5.75 Å². The van der Waals surface area contributed by atoms with Gasteiger partial charge in [-0.25, -0.2) is 0 Å². The Balaban J connectivity index is 1.99. The lowest BCUT2D eigenvalue weighted by Gasteiger charge is -2.11. The second-order valence-electron chi connectivity index (χ2n) is 4.26. The Kier molecular flexibility index (Phi) is 3.29. The Bertz CT molecular complexity index is 716. The van der Waals surface area contributed by atoms with Gasteiger partial charge in [0.15, 0.2) is 0 Å². The minimum absolute atomic E-state index is 0.294. The summed E-state index contributed by atoms with van der Waals surface area (Å²) in [6, 6.07) is 10.9. The molecule has 0 spiro atoms. The number of halogens is 3. The lowest BCUT2D eigenvalue weighted by atomic mass is 10.2. The van der Waals surface area contributed by atoms with Crippen molar-refractivity contribution in [1.82, 2.24) is 0 Å². The van der Waals surface area contributed by atoms with Crippen LogP contribution in [0.4, 0.5) is 18.9 Å². The minimum atomic E-state index is -4.76. The third-order valence-electron chi connectivity index (χ3n) is 2.78. The molecule has 108 valence electrons. The summed E-state index contributed by atoms with van der Waals surface area (Å²) in [4.78, 5) is 13.5. The molecular formula is C14H8F3NO2S. The number of nitrogens with one attached hydrogen (secondary N) is 1. The molecule has 1 N–H and O–H groups in total. The van der Waals surface area contributed by atoms with Crippen LogP contribution in [0.2, 0.25) is 0 Å². The van der Waals surface area contributed by atoms with Crippen LogP contribution in [-0.2, 0) is 0 Å². The summed E-state index contributed by atoms with van der Waals surface area (Å²) in [7, 11) is 0. The van der Waals surface area contributed by atoms with Gasteiger partial charge in [-0.1, -0.05) is 23.9 Å². The number of ether oxygens (including phenoxy) is 1. The first-order valence-electron chi connectivity index (χ1n) is 5.90. The van der Waals surface area contributed by atoms with E-state index in [4.69, 9.17) is 0 Å². The van der Waals surface area contributed by atoms with Gasteiger partial charge in [-0.05, 0) is 24.3 Å². The normalized spacial score (nSPS) is 13.8. The van der Waals surface area contributed by atoms with E-state index in [0.29, 0.717) is 16.1 Å². The summed E-state index contributed by atoms with van der Waals surface area (Å²) in [6.07, 6.45) is -4.76. The summed E-state index contributed by atoms with van der Waals surface area (Å²) >= 11 is 1.31. The maximum atomic E-state index is 12.2. The molecule has 0 radical (unpaired) electrons. The number of rotatable bonds is 1. The summed E-state index contributed by atoms with van der Waals surface area (Å²) in [5.41, 5.74) is 0.778. The number of anilines is 1. The van der Waals surface area contributed by atoms with Crippen LogP contribution in [0.5, 0.6) is 5.75 Å². The first-order chi connectivity index (χ1) is 9.92. The van der Waals surface area contributed by atoms with E-state index in [1.165, 1.54) is 30.0 Å². The Morgan fingerprint density at radius 3 is 2.57 bits per heavy atom. The monoisotopic (exact) mass is 311 g/mol. The van der Waals surface area contributed by atoms with Crippen molar-refractivity contribution in [3.05, 3.63) is 48.0 Å². The molecule has 3 nitrogen and oxygen atoms in total. The van der Waals surface area contributed by atoms with E-state index in [9.17, 15) is 18.0 Å². The highest BCUT2D eigenvalue weighted by molar-refractivity contribution is 7.99. The fourth-order valence-corrected chi connectivity index (χ4v) is 2.95. The van der Waals surface area contributed by atoms with Gasteiger partial charge in [0.05, 0.1) is 11.3 Å².